The third-order valence-corrected chi connectivity index (χ3v) is 3.67. The number of halogens is 1. The second-order valence-corrected chi connectivity index (χ2v) is 4.99. The molecule has 5 nitrogen and oxygen atoms in total. The maximum Gasteiger partial charge on any atom is 0.348 e. The molecule has 0 saturated carbocycles. The first kappa shape index (κ1) is 13.8. The van der Waals surface area contributed by atoms with Gasteiger partial charge in [0.25, 0.3) is 0 Å². The van der Waals surface area contributed by atoms with Gasteiger partial charge >= 0.3 is 5.69 Å². The van der Waals surface area contributed by atoms with Gasteiger partial charge in [0.2, 0.25) is 0 Å². The Hall–Kier alpha value is -1.59. The lowest BCUT2D eigenvalue weighted by Crippen LogP contribution is -2.26. The van der Waals surface area contributed by atoms with Crippen molar-refractivity contribution in [1.29, 1.82) is 0 Å². The van der Waals surface area contributed by atoms with Crippen molar-refractivity contribution in [2.24, 2.45) is 11.7 Å². The van der Waals surface area contributed by atoms with E-state index in [1.54, 1.807) is 12.1 Å². The highest BCUT2D eigenvalue weighted by Crippen LogP contribution is 2.24. The highest BCUT2D eigenvalue weighted by Gasteiger charge is 2.22. The van der Waals surface area contributed by atoms with Crippen LogP contribution >= 0.6 is 11.6 Å². The van der Waals surface area contributed by atoms with E-state index >= 15 is 0 Å². The second-order valence-electron chi connectivity index (χ2n) is 4.59. The van der Waals surface area contributed by atoms with Gasteiger partial charge in [0.05, 0.1) is 16.8 Å². The summed E-state index contributed by atoms with van der Waals surface area (Å²) in [6.45, 7) is 4.08. The van der Waals surface area contributed by atoms with Gasteiger partial charge in [-0.25, -0.2) is 14.5 Å². The van der Waals surface area contributed by atoms with Crippen molar-refractivity contribution in [3.05, 3.63) is 45.6 Å². The van der Waals surface area contributed by atoms with E-state index in [0.29, 0.717) is 16.5 Å². The standard InChI is InChI=1S/C13H17ClN4O/c1-3-8(2)11(15)12-16-17-13(19)18(12)10-7-5-4-6-9(10)14/h4-8,11H,3,15H2,1-2H3,(H,17,19)/t8-,11-/m0/s1. The maximum absolute atomic E-state index is 11.9. The van der Waals surface area contributed by atoms with E-state index in [1.165, 1.54) is 4.57 Å². The molecule has 0 bridgehead atoms. The van der Waals surface area contributed by atoms with Crippen LogP contribution in [-0.4, -0.2) is 14.8 Å². The van der Waals surface area contributed by atoms with Crippen LogP contribution in [-0.2, 0) is 0 Å². The summed E-state index contributed by atoms with van der Waals surface area (Å²) < 4.78 is 1.44. The molecule has 0 radical (unpaired) electrons. The lowest BCUT2D eigenvalue weighted by atomic mass is 9.99. The average molecular weight is 281 g/mol. The van der Waals surface area contributed by atoms with Gasteiger partial charge in [-0.05, 0) is 18.1 Å². The molecular weight excluding hydrogens is 264 g/mol. The van der Waals surface area contributed by atoms with Crippen LogP contribution < -0.4 is 11.4 Å². The number of rotatable bonds is 4. The number of aromatic amines is 1. The van der Waals surface area contributed by atoms with E-state index in [1.807, 2.05) is 19.1 Å². The number of aromatic nitrogens is 3. The minimum absolute atomic E-state index is 0.219. The van der Waals surface area contributed by atoms with Gasteiger partial charge in [0.15, 0.2) is 5.82 Å². The Morgan fingerprint density at radius 1 is 1.47 bits per heavy atom. The molecule has 2 rings (SSSR count). The first-order valence-corrected chi connectivity index (χ1v) is 6.61. The fourth-order valence-corrected chi connectivity index (χ4v) is 2.13. The molecule has 0 fully saturated rings. The van der Waals surface area contributed by atoms with Gasteiger partial charge in [-0.3, -0.25) is 0 Å². The van der Waals surface area contributed by atoms with Crippen LogP contribution in [0.4, 0.5) is 0 Å². The van der Waals surface area contributed by atoms with Gasteiger partial charge in [-0.1, -0.05) is 44.0 Å². The van der Waals surface area contributed by atoms with Crippen molar-refractivity contribution in [3.63, 3.8) is 0 Å². The molecule has 19 heavy (non-hydrogen) atoms. The van der Waals surface area contributed by atoms with Crippen LogP contribution in [0.1, 0.15) is 32.1 Å². The summed E-state index contributed by atoms with van der Waals surface area (Å²) in [5.41, 5.74) is 6.43. The van der Waals surface area contributed by atoms with Crippen LogP contribution in [0, 0.1) is 5.92 Å². The third-order valence-electron chi connectivity index (χ3n) is 3.35. The molecule has 6 heteroatoms. The zero-order chi connectivity index (χ0) is 14.0. The predicted molar refractivity (Wildman–Crippen MR) is 75.6 cm³/mol. The molecule has 102 valence electrons. The summed E-state index contributed by atoms with van der Waals surface area (Å²) in [7, 11) is 0. The number of nitrogens with one attached hydrogen (secondary N) is 1. The summed E-state index contributed by atoms with van der Waals surface area (Å²) in [6.07, 6.45) is 0.907. The molecule has 1 aromatic carbocycles. The van der Waals surface area contributed by atoms with Gasteiger partial charge in [0, 0.05) is 0 Å². The van der Waals surface area contributed by atoms with Gasteiger partial charge < -0.3 is 5.73 Å². The lowest BCUT2D eigenvalue weighted by molar-refractivity contribution is 0.433. The fourth-order valence-electron chi connectivity index (χ4n) is 1.91. The SMILES string of the molecule is CC[C@H](C)[C@H](N)c1n[nH]c(=O)n1-c1ccccc1Cl. The summed E-state index contributed by atoms with van der Waals surface area (Å²) in [6, 6.07) is 6.81. The topological polar surface area (TPSA) is 76.7 Å². The minimum atomic E-state index is -0.332. The maximum atomic E-state index is 11.9. The zero-order valence-corrected chi connectivity index (χ0v) is 11.7. The highest BCUT2D eigenvalue weighted by molar-refractivity contribution is 6.32. The van der Waals surface area contributed by atoms with Crippen molar-refractivity contribution in [1.82, 2.24) is 14.8 Å². The number of benzene rings is 1. The smallest absolute Gasteiger partial charge is 0.321 e. The number of H-pyrrole nitrogens is 1. The molecule has 1 heterocycles. The second kappa shape index (κ2) is 5.59. The quantitative estimate of drug-likeness (QED) is 0.902. The highest BCUT2D eigenvalue weighted by atomic mass is 35.5. The molecule has 0 unspecified atom stereocenters. The lowest BCUT2D eigenvalue weighted by Gasteiger charge is -2.18. The molecule has 0 amide bonds. The predicted octanol–water partition coefficient (Wildman–Crippen LogP) is 2.26. The fraction of sp³-hybridized carbons (Fsp3) is 0.385. The minimum Gasteiger partial charge on any atom is -0.321 e. The Labute approximate surface area is 116 Å². The molecule has 1 aromatic heterocycles. The molecule has 0 aliphatic heterocycles. The van der Waals surface area contributed by atoms with Crippen LogP contribution in [0.3, 0.4) is 0 Å². The van der Waals surface area contributed by atoms with E-state index in [-0.39, 0.29) is 17.6 Å². The first-order valence-electron chi connectivity index (χ1n) is 6.24. The van der Waals surface area contributed by atoms with Crippen LogP contribution in [0.5, 0.6) is 0 Å². The Kier molecular flexibility index (Phi) is 4.07. The van der Waals surface area contributed by atoms with Crippen LogP contribution in [0.25, 0.3) is 5.69 Å². The Morgan fingerprint density at radius 2 is 2.16 bits per heavy atom. The zero-order valence-electron chi connectivity index (χ0n) is 10.9. The largest absolute Gasteiger partial charge is 0.348 e. The summed E-state index contributed by atoms with van der Waals surface area (Å²) in [5.74, 6) is 0.726. The summed E-state index contributed by atoms with van der Waals surface area (Å²) >= 11 is 6.14. The van der Waals surface area contributed by atoms with Crippen molar-refractivity contribution in [2.75, 3.05) is 0 Å². The van der Waals surface area contributed by atoms with E-state index in [4.69, 9.17) is 17.3 Å². The Balaban J connectivity index is 2.56. The Bertz CT molecular complexity index is 619. The molecule has 2 atom stereocenters. The molecule has 0 aliphatic carbocycles. The van der Waals surface area contributed by atoms with Crippen molar-refractivity contribution in [2.45, 2.75) is 26.3 Å². The van der Waals surface area contributed by atoms with E-state index < -0.39 is 0 Å². The van der Waals surface area contributed by atoms with Gasteiger partial charge in [-0.2, -0.15) is 5.10 Å². The number of nitrogens with two attached hydrogens (primary N) is 1. The van der Waals surface area contributed by atoms with Gasteiger partial charge in [-0.15, -0.1) is 0 Å². The van der Waals surface area contributed by atoms with Crippen molar-refractivity contribution in [3.8, 4) is 5.69 Å². The molecule has 0 aliphatic rings. The Morgan fingerprint density at radius 3 is 2.79 bits per heavy atom. The number of nitrogens with zero attached hydrogens (tertiary/aromatic N) is 2. The van der Waals surface area contributed by atoms with Crippen LogP contribution in [0.2, 0.25) is 5.02 Å². The number of para-hydroxylation sites is 1. The average Bonchev–Trinajstić information content (AvgIpc) is 2.79. The first-order chi connectivity index (χ1) is 9.06. The third kappa shape index (κ3) is 2.57. The van der Waals surface area contributed by atoms with Crippen molar-refractivity contribution >= 4 is 11.6 Å². The number of hydrogen-bond donors (Lipinski definition) is 2. The molecule has 3 N–H and O–H groups in total. The monoisotopic (exact) mass is 280 g/mol. The number of hydrogen-bond acceptors (Lipinski definition) is 3. The van der Waals surface area contributed by atoms with E-state index in [9.17, 15) is 4.79 Å². The molecule has 0 spiro atoms. The summed E-state index contributed by atoms with van der Waals surface area (Å²) in [4.78, 5) is 11.9. The van der Waals surface area contributed by atoms with E-state index in [2.05, 4.69) is 17.1 Å². The normalized spacial score (nSPS) is 14.3. The molecule has 2 aromatic rings. The molecular formula is C13H17ClN4O. The van der Waals surface area contributed by atoms with Crippen LogP contribution in [0.15, 0.2) is 29.1 Å². The van der Waals surface area contributed by atoms with Gasteiger partial charge in [0.1, 0.15) is 0 Å². The summed E-state index contributed by atoms with van der Waals surface area (Å²) in [5, 5.41) is 6.98. The van der Waals surface area contributed by atoms with Crippen molar-refractivity contribution < 1.29 is 0 Å². The molecule has 0 saturated heterocycles. The van der Waals surface area contributed by atoms with E-state index in [0.717, 1.165) is 6.42 Å².